The summed E-state index contributed by atoms with van der Waals surface area (Å²) in [5.41, 5.74) is 1.03. The maximum Gasteiger partial charge on any atom is 0.243 e. The van der Waals surface area contributed by atoms with E-state index in [2.05, 4.69) is 5.32 Å². The van der Waals surface area contributed by atoms with E-state index in [9.17, 15) is 22.0 Å². The van der Waals surface area contributed by atoms with Crippen LogP contribution in [-0.2, 0) is 21.2 Å². The van der Waals surface area contributed by atoms with E-state index in [1.807, 2.05) is 37.3 Å². The molecule has 5 nitrogen and oxygen atoms in total. The van der Waals surface area contributed by atoms with Gasteiger partial charge < -0.3 is 5.32 Å². The number of rotatable bonds is 8. The molecule has 0 fully saturated rings. The first-order valence-corrected chi connectivity index (χ1v) is 10.7. The smallest absolute Gasteiger partial charge is 0.243 e. The topological polar surface area (TPSA) is 66.5 Å². The Hall–Kier alpha value is -2.48. The number of halogens is 2. The van der Waals surface area contributed by atoms with Crippen LogP contribution in [0, 0.1) is 11.6 Å². The van der Waals surface area contributed by atoms with Gasteiger partial charge in [-0.1, -0.05) is 30.3 Å². The van der Waals surface area contributed by atoms with Gasteiger partial charge in [0.1, 0.15) is 6.04 Å². The quantitative estimate of drug-likeness (QED) is 0.727. The Morgan fingerprint density at radius 2 is 1.71 bits per heavy atom. The van der Waals surface area contributed by atoms with E-state index in [4.69, 9.17) is 0 Å². The Balaban J connectivity index is 2.09. The monoisotopic (exact) mass is 410 g/mol. The van der Waals surface area contributed by atoms with Crippen molar-refractivity contribution in [3.8, 4) is 0 Å². The van der Waals surface area contributed by atoms with Gasteiger partial charge in [0.25, 0.3) is 0 Å². The third kappa shape index (κ3) is 5.76. The van der Waals surface area contributed by atoms with Crippen LogP contribution in [0.3, 0.4) is 0 Å². The summed E-state index contributed by atoms with van der Waals surface area (Å²) in [7, 11) is -3.90. The SMILES string of the molecule is CC(CCc1ccccc1)NC(=O)C(C)N(c1ccc(F)c(F)c1)S(C)(=O)=O. The number of carbonyl (C=O) groups excluding carboxylic acids is 1. The van der Waals surface area contributed by atoms with E-state index in [-0.39, 0.29) is 11.7 Å². The fourth-order valence-corrected chi connectivity index (χ4v) is 4.06. The first kappa shape index (κ1) is 21.8. The predicted octanol–water partition coefficient (Wildman–Crippen LogP) is 3.26. The molecule has 8 heteroatoms. The Kier molecular flexibility index (Phi) is 7.12. The zero-order chi connectivity index (χ0) is 20.9. The van der Waals surface area contributed by atoms with Crippen molar-refractivity contribution in [3.63, 3.8) is 0 Å². The van der Waals surface area contributed by atoms with Gasteiger partial charge in [-0.05, 0) is 44.4 Å². The largest absolute Gasteiger partial charge is 0.352 e. The molecule has 0 saturated carbocycles. The van der Waals surface area contributed by atoms with Crippen molar-refractivity contribution in [3.05, 3.63) is 65.7 Å². The van der Waals surface area contributed by atoms with Crippen molar-refractivity contribution in [2.75, 3.05) is 10.6 Å². The number of amides is 1. The Bertz CT molecular complexity index is 920. The second-order valence-corrected chi connectivity index (χ2v) is 8.63. The van der Waals surface area contributed by atoms with Gasteiger partial charge in [-0.15, -0.1) is 0 Å². The van der Waals surface area contributed by atoms with E-state index in [1.165, 1.54) is 6.92 Å². The molecule has 1 N–H and O–H groups in total. The lowest BCUT2D eigenvalue weighted by Gasteiger charge is -2.29. The van der Waals surface area contributed by atoms with Crippen LogP contribution >= 0.6 is 0 Å². The Morgan fingerprint density at radius 1 is 1.07 bits per heavy atom. The molecule has 152 valence electrons. The number of nitrogens with one attached hydrogen (secondary N) is 1. The van der Waals surface area contributed by atoms with Crippen molar-refractivity contribution < 1.29 is 22.0 Å². The summed E-state index contributed by atoms with van der Waals surface area (Å²) in [6, 6.07) is 11.2. The molecule has 2 unspecified atom stereocenters. The van der Waals surface area contributed by atoms with E-state index in [0.29, 0.717) is 6.42 Å². The summed E-state index contributed by atoms with van der Waals surface area (Å²) in [5, 5.41) is 2.79. The van der Waals surface area contributed by atoms with Gasteiger partial charge in [0, 0.05) is 12.1 Å². The van der Waals surface area contributed by atoms with Gasteiger partial charge >= 0.3 is 0 Å². The molecule has 0 spiro atoms. The summed E-state index contributed by atoms with van der Waals surface area (Å²) in [6.07, 6.45) is 2.35. The minimum Gasteiger partial charge on any atom is -0.352 e. The van der Waals surface area contributed by atoms with Gasteiger partial charge in [-0.2, -0.15) is 0 Å². The molecule has 0 aliphatic rings. The third-order valence-electron chi connectivity index (χ3n) is 4.34. The predicted molar refractivity (Wildman–Crippen MR) is 106 cm³/mol. The van der Waals surface area contributed by atoms with Crippen LogP contribution in [-0.4, -0.2) is 32.7 Å². The lowest BCUT2D eigenvalue weighted by Crippen LogP contribution is -2.50. The van der Waals surface area contributed by atoms with Gasteiger partial charge in [-0.3, -0.25) is 9.10 Å². The molecular weight excluding hydrogens is 386 g/mol. The number of hydrogen-bond donors (Lipinski definition) is 1. The summed E-state index contributed by atoms with van der Waals surface area (Å²) in [5.74, 6) is -2.80. The lowest BCUT2D eigenvalue weighted by atomic mass is 10.1. The van der Waals surface area contributed by atoms with Crippen molar-refractivity contribution in [2.45, 2.75) is 38.8 Å². The van der Waals surface area contributed by atoms with Gasteiger partial charge in [-0.25, -0.2) is 17.2 Å². The van der Waals surface area contributed by atoms with E-state index < -0.39 is 33.6 Å². The lowest BCUT2D eigenvalue weighted by molar-refractivity contribution is -0.122. The van der Waals surface area contributed by atoms with Gasteiger partial charge in [0.15, 0.2) is 11.6 Å². The minimum absolute atomic E-state index is 0.110. The van der Waals surface area contributed by atoms with E-state index >= 15 is 0 Å². The Morgan fingerprint density at radius 3 is 2.29 bits per heavy atom. The number of benzene rings is 2. The molecule has 0 radical (unpaired) electrons. The number of aryl methyl sites for hydroxylation is 1. The first-order valence-electron chi connectivity index (χ1n) is 8.88. The van der Waals surface area contributed by atoms with Crippen molar-refractivity contribution in [1.82, 2.24) is 5.32 Å². The minimum atomic E-state index is -3.90. The highest BCUT2D eigenvalue weighted by molar-refractivity contribution is 7.92. The highest BCUT2D eigenvalue weighted by Crippen LogP contribution is 2.23. The summed E-state index contributed by atoms with van der Waals surface area (Å²) in [4.78, 5) is 12.6. The molecular formula is C20H24F2N2O3S. The van der Waals surface area contributed by atoms with Crippen LogP contribution in [0.15, 0.2) is 48.5 Å². The number of carbonyl (C=O) groups is 1. The number of hydrogen-bond acceptors (Lipinski definition) is 3. The van der Waals surface area contributed by atoms with Crippen LogP contribution in [0.25, 0.3) is 0 Å². The van der Waals surface area contributed by atoms with Crippen LogP contribution in [0.2, 0.25) is 0 Å². The van der Waals surface area contributed by atoms with Crippen molar-refractivity contribution in [1.29, 1.82) is 0 Å². The molecule has 2 aromatic carbocycles. The average Bonchev–Trinajstić information content (AvgIpc) is 2.62. The molecule has 0 saturated heterocycles. The highest BCUT2D eigenvalue weighted by Gasteiger charge is 2.30. The summed E-state index contributed by atoms with van der Waals surface area (Å²) < 4.78 is 51.9. The molecule has 0 aromatic heterocycles. The number of nitrogens with zero attached hydrogens (tertiary/aromatic N) is 1. The van der Waals surface area contributed by atoms with Gasteiger partial charge in [0.05, 0.1) is 11.9 Å². The maximum absolute atomic E-state index is 13.6. The molecule has 2 rings (SSSR count). The molecule has 2 aromatic rings. The maximum atomic E-state index is 13.6. The van der Waals surface area contributed by atoms with E-state index in [0.717, 1.165) is 40.7 Å². The number of anilines is 1. The van der Waals surface area contributed by atoms with Crippen LogP contribution in [0.1, 0.15) is 25.8 Å². The normalized spacial score (nSPS) is 13.6. The van der Waals surface area contributed by atoms with E-state index in [1.54, 1.807) is 0 Å². The summed E-state index contributed by atoms with van der Waals surface area (Å²) in [6.45, 7) is 3.23. The Labute approximate surface area is 164 Å². The zero-order valence-corrected chi connectivity index (χ0v) is 16.8. The fourth-order valence-electron chi connectivity index (χ4n) is 2.89. The molecule has 28 heavy (non-hydrogen) atoms. The van der Waals surface area contributed by atoms with Crippen LogP contribution < -0.4 is 9.62 Å². The zero-order valence-electron chi connectivity index (χ0n) is 16.0. The second kappa shape index (κ2) is 9.14. The van der Waals surface area contributed by atoms with Crippen LogP contribution in [0.4, 0.5) is 14.5 Å². The fraction of sp³-hybridized carbons (Fsp3) is 0.350. The third-order valence-corrected chi connectivity index (χ3v) is 5.59. The van der Waals surface area contributed by atoms with Crippen LogP contribution in [0.5, 0.6) is 0 Å². The standard InChI is InChI=1S/C20H24F2N2O3S/c1-14(9-10-16-7-5-4-6-8-16)23-20(25)15(2)24(28(3,26)27)17-11-12-18(21)19(22)13-17/h4-8,11-15H,9-10H2,1-3H3,(H,23,25). The highest BCUT2D eigenvalue weighted by atomic mass is 32.2. The van der Waals surface area contributed by atoms with Crippen molar-refractivity contribution in [2.24, 2.45) is 0 Å². The first-order chi connectivity index (χ1) is 13.1. The van der Waals surface area contributed by atoms with Gasteiger partial charge in [0.2, 0.25) is 15.9 Å². The molecule has 0 heterocycles. The second-order valence-electron chi connectivity index (χ2n) is 6.77. The molecule has 0 aliphatic heterocycles. The summed E-state index contributed by atoms with van der Waals surface area (Å²) >= 11 is 0. The van der Waals surface area contributed by atoms with Crippen molar-refractivity contribution >= 4 is 21.6 Å². The number of sulfonamides is 1. The molecule has 1 amide bonds. The molecule has 0 aliphatic carbocycles. The molecule has 2 atom stereocenters. The average molecular weight is 410 g/mol. The molecule has 0 bridgehead atoms.